The predicted octanol–water partition coefficient (Wildman–Crippen LogP) is 3.49. The first-order valence-corrected chi connectivity index (χ1v) is 11.9. The third-order valence-corrected chi connectivity index (χ3v) is 6.48. The zero-order chi connectivity index (χ0) is 21.9. The van der Waals surface area contributed by atoms with Crippen LogP contribution in [0.15, 0.2) is 42.5 Å². The first-order chi connectivity index (χ1) is 14.2. The number of rotatable bonds is 7. The first kappa shape index (κ1) is 22.5. The Hall–Kier alpha value is -2.16. The quantitative estimate of drug-likeness (QED) is 0.666. The summed E-state index contributed by atoms with van der Waals surface area (Å²) in [6.07, 6.45) is 0.905. The third-order valence-electron chi connectivity index (χ3n) is 4.56. The van der Waals surface area contributed by atoms with Gasteiger partial charge in [0.1, 0.15) is 18.8 Å². The van der Waals surface area contributed by atoms with Gasteiger partial charge in [0.15, 0.2) is 11.5 Å². The minimum absolute atomic E-state index is 0.169. The smallest absolute Gasteiger partial charge is 0.244 e. The summed E-state index contributed by atoms with van der Waals surface area (Å²) in [6, 6.07) is 10.7. The number of nitrogens with zero attached hydrogens (tertiary/aromatic N) is 1. The van der Waals surface area contributed by atoms with Crippen LogP contribution in [0.5, 0.6) is 11.5 Å². The largest absolute Gasteiger partial charge is 0.486 e. The molecule has 0 radical (unpaired) electrons. The lowest BCUT2D eigenvalue weighted by Crippen LogP contribution is -2.51. The van der Waals surface area contributed by atoms with E-state index in [1.807, 2.05) is 12.1 Å². The molecule has 0 saturated heterocycles. The highest BCUT2D eigenvalue weighted by Gasteiger charge is 2.32. The summed E-state index contributed by atoms with van der Waals surface area (Å²) in [7, 11) is -3.77. The number of carbonyl (C=O) groups excluding carboxylic acids is 1. The van der Waals surface area contributed by atoms with E-state index in [-0.39, 0.29) is 30.3 Å². The maximum Gasteiger partial charge on any atom is 0.244 e. The fourth-order valence-electron chi connectivity index (χ4n) is 3.18. The Morgan fingerprint density at radius 3 is 2.53 bits per heavy atom. The van der Waals surface area contributed by atoms with Gasteiger partial charge < -0.3 is 14.8 Å². The third kappa shape index (κ3) is 5.11. The highest BCUT2D eigenvalue weighted by atomic mass is 35.5. The van der Waals surface area contributed by atoms with Crippen LogP contribution in [-0.2, 0) is 14.8 Å². The normalized spacial score (nSPS) is 16.6. The zero-order valence-electron chi connectivity index (χ0n) is 16.5. The molecule has 2 aromatic rings. The number of para-hydroxylation sites is 2. The first-order valence-electron chi connectivity index (χ1n) is 9.31. The molecule has 1 aliphatic rings. The van der Waals surface area contributed by atoms with Crippen LogP contribution in [0.25, 0.3) is 0 Å². The molecule has 0 aromatic heterocycles. The van der Waals surface area contributed by atoms with Crippen LogP contribution in [0.3, 0.4) is 0 Å². The lowest BCUT2D eigenvalue weighted by molar-refractivity contribution is -0.122. The SMILES string of the molecule is CCC(C(=O)NCC1COc2ccccc2O1)N(c1ccc(Cl)c(Cl)c1)S(C)(=O)=O. The minimum atomic E-state index is -3.77. The van der Waals surface area contributed by atoms with E-state index in [0.29, 0.717) is 16.5 Å². The lowest BCUT2D eigenvalue weighted by Gasteiger charge is -2.31. The van der Waals surface area contributed by atoms with Crippen molar-refractivity contribution in [1.82, 2.24) is 5.32 Å². The van der Waals surface area contributed by atoms with Crippen LogP contribution in [0.2, 0.25) is 10.0 Å². The van der Waals surface area contributed by atoms with Crippen LogP contribution in [-0.4, -0.2) is 45.9 Å². The number of halogens is 2. The number of benzene rings is 2. The molecule has 0 spiro atoms. The molecule has 30 heavy (non-hydrogen) atoms. The lowest BCUT2D eigenvalue weighted by atomic mass is 10.2. The molecule has 1 N–H and O–H groups in total. The van der Waals surface area contributed by atoms with Gasteiger partial charge in [0, 0.05) is 0 Å². The fourth-order valence-corrected chi connectivity index (χ4v) is 4.67. The van der Waals surface area contributed by atoms with Crippen molar-refractivity contribution in [3.8, 4) is 11.5 Å². The van der Waals surface area contributed by atoms with E-state index in [1.165, 1.54) is 18.2 Å². The van der Waals surface area contributed by atoms with Gasteiger partial charge in [-0.25, -0.2) is 8.42 Å². The highest BCUT2D eigenvalue weighted by Crippen LogP contribution is 2.31. The molecule has 1 amide bonds. The Balaban J connectivity index is 1.74. The van der Waals surface area contributed by atoms with Gasteiger partial charge in [0.2, 0.25) is 15.9 Å². The molecular formula is C20H22Cl2N2O5S. The Labute approximate surface area is 185 Å². The van der Waals surface area contributed by atoms with Crippen molar-refractivity contribution in [2.45, 2.75) is 25.5 Å². The molecule has 0 aliphatic carbocycles. The summed E-state index contributed by atoms with van der Waals surface area (Å²) in [5.74, 6) is 0.800. The minimum Gasteiger partial charge on any atom is -0.486 e. The molecule has 1 heterocycles. The Bertz CT molecular complexity index is 1030. The van der Waals surface area contributed by atoms with Crippen molar-refractivity contribution in [3.05, 3.63) is 52.5 Å². The van der Waals surface area contributed by atoms with Gasteiger partial charge in [-0.3, -0.25) is 9.10 Å². The number of hydrogen-bond donors (Lipinski definition) is 1. The van der Waals surface area contributed by atoms with Gasteiger partial charge in [-0.05, 0) is 36.8 Å². The van der Waals surface area contributed by atoms with Gasteiger partial charge in [0.05, 0.1) is 28.5 Å². The molecule has 2 atom stereocenters. The van der Waals surface area contributed by atoms with E-state index in [2.05, 4.69) is 5.32 Å². The van der Waals surface area contributed by atoms with Crippen molar-refractivity contribution < 1.29 is 22.7 Å². The average molecular weight is 473 g/mol. The average Bonchev–Trinajstić information content (AvgIpc) is 2.71. The van der Waals surface area contributed by atoms with E-state index in [0.717, 1.165) is 10.6 Å². The molecule has 0 saturated carbocycles. The molecule has 3 rings (SSSR count). The van der Waals surface area contributed by atoms with Gasteiger partial charge in [-0.1, -0.05) is 42.3 Å². The number of ether oxygens (including phenoxy) is 2. The van der Waals surface area contributed by atoms with Crippen molar-refractivity contribution in [2.24, 2.45) is 0 Å². The van der Waals surface area contributed by atoms with Gasteiger partial charge in [0.25, 0.3) is 0 Å². The van der Waals surface area contributed by atoms with E-state index in [4.69, 9.17) is 32.7 Å². The number of fused-ring (bicyclic) bond motifs is 1. The second-order valence-electron chi connectivity index (χ2n) is 6.82. The summed E-state index contributed by atoms with van der Waals surface area (Å²) in [5, 5.41) is 3.26. The number of amides is 1. The number of hydrogen-bond acceptors (Lipinski definition) is 5. The summed E-state index contributed by atoms with van der Waals surface area (Å²) in [6.45, 7) is 2.18. The van der Waals surface area contributed by atoms with Crippen LogP contribution < -0.4 is 19.1 Å². The molecule has 1 aliphatic heterocycles. The second kappa shape index (κ2) is 9.32. The summed E-state index contributed by atoms with van der Waals surface area (Å²) < 4.78 is 37.5. The van der Waals surface area contributed by atoms with Crippen molar-refractivity contribution >= 4 is 44.8 Å². The number of nitrogens with one attached hydrogen (secondary N) is 1. The van der Waals surface area contributed by atoms with Gasteiger partial charge >= 0.3 is 0 Å². The van der Waals surface area contributed by atoms with E-state index in [1.54, 1.807) is 19.1 Å². The molecule has 2 unspecified atom stereocenters. The maximum atomic E-state index is 12.9. The van der Waals surface area contributed by atoms with Crippen molar-refractivity contribution in [1.29, 1.82) is 0 Å². The second-order valence-corrected chi connectivity index (χ2v) is 9.50. The monoisotopic (exact) mass is 472 g/mol. The van der Waals surface area contributed by atoms with Crippen LogP contribution in [0, 0.1) is 0 Å². The van der Waals surface area contributed by atoms with Crippen LogP contribution in [0.4, 0.5) is 5.69 Å². The summed E-state index contributed by atoms with van der Waals surface area (Å²) >= 11 is 12.0. The van der Waals surface area contributed by atoms with Crippen LogP contribution >= 0.6 is 23.2 Å². The molecule has 7 nitrogen and oxygen atoms in total. The van der Waals surface area contributed by atoms with Crippen molar-refractivity contribution in [3.63, 3.8) is 0 Å². The number of anilines is 1. The summed E-state index contributed by atoms with van der Waals surface area (Å²) in [4.78, 5) is 12.9. The molecule has 10 heteroatoms. The van der Waals surface area contributed by atoms with Crippen molar-refractivity contribution in [2.75, 3.05) is 23.7 Å². The Morgan fingerprint density at radius 1 is 1.20 bits per heavy atom. The van der Waals surface area contributed by atoms with Crippen LogP contribution in [0.1, 0.15) is 13.3 Å². The van der Waals surface area contributed by atoms with Gasteiger partial charge in [-0.15, -0.1) is 0 Å². The molecule has 0 bridgehead atoms. The fraction of sp³-hybridized carbons (Fsp3) is 0.350. The molecule has 0 fully saturated rings. The standard InChI is InChI=1S/C20H22Cl2N2O5S/c1-3-17(24(30(2,26)27)13-8-9-15(21)16(22)10-13)20(25)23-11-14-12-28-18-6-4-5-7-19(18)29-14/h4-10,14,17H,3,11-12H2,1-2H3,(H,23,25). The molecule has 2 aromatic carbocycles. The Morgan fingerprint density at radius 2 is 1.90 bits per heavy atom. The predicted molar refractivity (Wildman–Crippen MR) is 117 cm³/mol. The highest BCUT2D eigenvalue weighted by molar-refractivity contribution is 7.92. The van der Waals surface area contributed by atoms with Gasteiger partial charge in [-0.2, -0.15) is 0 Å². The van der Waals surface area contributed by atoms with E-state index in [9.17, 15) is 13.2 Å². The zero-order valence-corrected chi connectivity index (χ0v) is 18.8. The number of carbonyl (C=O) groups is 1. The molecular weight excluding hydrogens is 451 g/mol. The van der Waals surface area contributed by atoms with E-state index < -0.39 is 28.1 Å². The topological polar surface area (TPSA) is 84.9 Å². The Kier molecular flexibility index (Phi) is 7.00. The van der Waals surface area contributed by atoms with E-state index >= 15 is 0 Å². The molecule has 162 valence electrons. The number of sulfonamides is 1. The summed E-state index contributed by atoms with van der Waals surface area (Å²) in [5.41, 5.74) is 0.264. The maximum absolute atomic E-state index is 12.9.